The number of rotatable bonds is 2. The van der Waals surface area contributed by atoms with E-state index in [2.05, 4.69) is 0 Å². The van der Waals surface area contributed by atoms with Gasteiger partial charge in [0.25, 0.3) is 0 Å². The van der Waals surface area contributed by atoms with E-state index in [0.29, 0.717) is 12.5 Å². The molecule has 1 unspecified atom stereocenters. The normalized spacial score (nSPS) is 23.4. The standard InChI is InChI=1S/C13H25NO3/c1-10(15)8-11-6-5-7-14(9-11)12(16)17-13(2,3)4/h10-11,15H,5-9H2,1-4H3/t10-,11?/m0/s1. The van der Waals surface area contributed by atoms with E-state index >= 15 is 0 Å². The summed E-state index contributed by atoms with van der Waals surface area (Å²) in [4.78, 5) is 13.7. The van der Waals surface area contributed by atoms with Gasteiger partial charge in [0, 0.05) is 13.1 Å². The fourth-order valence-corrected chi connectivity index (χ4v) is 2.23. The first-order valence-corrected chi connectivity index (χ1v) is 6.44. The summed E-state index contributed by atoms with van der Waals surface area (Å²) in [6.45, 7) is 8.91. The summed E-state index contributed by atoms with van der Waals surface area (Å²) < 4.78 is 5.35. The lowest BCUT2D eigenvalue weighted by Crippen LogP contribution is -2.43. The van der Waals surface area contributed by atoms with Gasteiger partial charge in [0.05, 0.1) is 6.10 Å². The maximum atomic E-state index is 11.9. The van der Waals surface area contributed by atoms with E-state index in [1.54, 1.807) is 11.8 Å². The first-order chi connectivity index (χ1) is 7.78. The summed E-state index contributed by atoms with van der Waals surface area (Å²) in [6.07, 6.45) is 2.33. The Kier molecular flexibility index (Phi) is 4.80. The lowest BCUT2D eigenvalue weighted by molar-refractivity contribution is 0.0134. The molecule has 100 valence electrons. The molecule has 1 rings (SSSR count). The molecule has 0 saturated carbocycles. The van der Waals surface area contributed by atoms with Crippen LogP contribution in [0.1, 0.15) is 47.0 Å². The highest BCUT2D eigenvalue weighted by Gasteiger charge is 2.27. The molecular formula is C13H25NO3. The number of amides is 1. The summed E-state index contributed by atoms with van der Waals surface area (Å²) in [5.74, 6) is 0.399. The molecule has 17 heavy (non-hydrogen) atoms. The molecule has 1 aliphatic rings. The predicted octanol–water partition coefficient (Wildman–Crippen LogP) is 2.40. The van der Waals surface area contributed by atoms with Crippen LogP contribution in [0.5, 0.6) is 0 Å². The maximum Gasteiger partial charge on any atom is 0.410 e. The first-order valence-electron chi connectivity index (χ1n) is 6.44. The van der Waals surface area contributed by atoms with Crippen molar-refractivity contribution in [1.29, 1.82) is 0 Å². The van der Waals surface area contributed by atoms with Crippen LogP contribution in [0.3, 0.4) is 0 Å². The highest BCUT2D eigenvalue weighted by molar-refractivity contribution is 5.68. The van der Waals surface area contributed by atoms with Gasteiger partial charge in [-0.2, -0.15) is 0 Å². The number of carbonyl (C=O) groups is 1. The molecule has 0 aromatic heterocycles. The zero-order chi connectivity index (χ0) is 13.1. The third-order valence-electron chi connectivity index (χ3n) is 2.85. The summed E-state index contributed by atoms with van der Waals surface area (Å²) in [7, 11) is 0. The summed E-state index contributed by atoms with van der Waals surface area (Å²) in [5.41, 5.74) is -0.436. The Morgan fingerprint density at radius 3 is 2.71 bits per heavy atom. The van der Waals surface area contributed by atoms with Gasteiger partial charge < -0.3 is 14.7 Å². The molecule has 1 saturated heterocycles. The Morgan fingerprint density at radius 1 is 1.53 bits per heavy atom. The zero-order valence-corrected chi connectivity index (χ0v) is 11.4. The number of ether oxygens (including phenoxy) is 1. The highest BCUT2D eigenvalue weighted by Crippen LogP contribution is 2.22. The Balaban J connectivity index is 2.46. The van der Waals surface area contributed by atoms with E-state index in [0.717, 1.165) is 25.8 Å². The van der Waals surface area contributed by atoms with Crippen molar-refractivity contribution in [1.82, 2.24) is 4.90 Å². The van der Waals surface area contributed by atoms with Crippen molar-refractivity contribution in [3.8, 4) is 0 Å². The van der Waals surface area contributed by atoms with Crippen LogP contribution in [0.4, 0.5) is 4.79 Å². The quantitative estimate of drug-likeness (QED) is 0.810. The Bertz CT molecular complexity index is 258. The van der Waals surface area contributed by atoms with E-state index in [-0.39, 0.29) is 12.2 Å². The SMILES string of the molecule is C[C@H](O)CC1CCCN(C(=O)OC(C)(C)C)C1. The van der Waals surface area contributed by atoms with Crippen LogP contribution in [-0.2, 0) is 4.74 Å². The van der Waals surface area contributed by atoms with E-state index < -0.39 is 5.60 Å². The number of hydrogen-bond donors (Lipinski definition) is 1. The van der Waals surface area contributed by atoms with Crippen LogP contribution in [0.2, 0.25) is 0 Å². The molecule has 1 amide bonds. The van der Waals surface area contributed by atoms with E-state index in [1.165, 1.54) is 0 Å². The van der Waals surface area contributed by atoms with E-state index in [9.17, 15) is 9.90 Å². The monoisotopic (exact) mass is 243 g/mol. The van der Waals surface area contributed by atoms with Gasteiger partial charge in [0.2, 0.25) is 0 Å². The Hall–Kier alpha value is -0.770. The lowest BCUT2D eigenvalue weighted by atomic mass is 9.93. The zero-order valence-electron chi connectivity index (χ0n) is 11.4. The van der Waals surface area contributed by atoms with Gasteiger partial charge in [-0.15, -0.1) is 0 Å². The second-order valence-corrected chi connectivity index (χ2v) is 6.02. The molecule has 0 bridgehead atoms. The topological polar surface area (TPSA) is 49.8 Å². The van der Waals surface area contributed by atoms with Gasteiger partial charge in [-0.05, 0) is 52.9 Å². The molecule has 0 aliphatic carbocycles. The number of likely N-dealkylation sites (tertiary alicyclic amines) is 1. The fourth-order valence-electron chi connectivity index (χ4n) is 2.23. The fraction of sp³-hybridized carbons (Fsp3) is 0.923. The number of aliphatic hydroxyl groups excluding tert-OH is 1. The number of carbonyl (C=O) groups excluding carboxylic acids is 1. The molecular weight excluding hydrogens is 218 g/mol. The van der Waals surface area contributed by atoms with Crippen molar-refractivity contribution in [3.63, 3.8) is 0 Å². The number of aliphatic hydroxyl groups is 1. The summed E-state index contributed by atoms with van der Waals surface area (Å²) >= 11 is 0. The van der Waals surface area contributed by atoms with Gasteiger partial charge in [-0.25, -0.2) is 4.79 Å². The van der Waals surface area contributed by atoms with Crippen LogP contribution in [0.15, 0.2) is 0 Å². The van der Waals surface area contributed by atoms with Crippen LogP contribution in [0, 0.1) is 5.92 Å². The van der Waals surface area contributed by atoms with Gasteiger partial charge in [-0.1, -0.05) is 0 Å². The molecule has 4 heteroatoms. The molecule has 1 aliphatic heterocycles. The van der Waals surface area contributed by atoms with Gasteiger partial charge in [0.1, 0.15) is 5.60 Å². The van der Waals surface area contributed by atoms with Crippen molar-refractivity contribution >= 4 is 6.09 Å². The molecule has 0 radical (unpaired) electrons. The van der Waals surface area contributed by atoms with Gasteiger partial charge in [-0.3, -0.25) is 0 Å². The lowest BCUT2D eigenvalue weighted by Gasteiger charge is -2.34. The number of hydrogen-bond acceptors (Lipinski definition) is 3. The van der Waals surface area contributed by atoms with Crippen molar-refractivity contribution in [2.45, 2.75) is 58.7 Å². The summed E-state index contributed by atoms with van der Waals surface area (Å²) in [6, 6.07) is 0. The van der Waals surface area contributed by atoms with Gasteiger partial charge in [0.15, 0.2) is 0 Å². The van der Waals surface area contributed by atoms with Crippen molar-refractivity contribution < 1.29 is 14.6 Å². The molecule has 1 heterocycles. The smallest absolute Gasteiger partial charge is 0.410 e. The number of piperidine rings is 1. The minimum absolute atomic E-state index is 0.229. The second-order valence-electron chi connectivity index (χ2n) is 6.02. The minimum atomic E-state index is -0.436. The first kappa shape index (κ1) is 14.3. The third kappa shape index (κ3) is 5.39. The molecule has 2 atom stereocenters. The molecule has 4 nitrogen and oxygen atoms in total. The Labute approximate surface area is 104 Å². The minimum Gasteiger partial charge on any atom is -0.444 e. The number of nitrogens with zero attached hydrogens (tertiary/aromatic N) is 1. The van der Waals surface area contributed by atoms with Crippen LogP contribution in [-0.4, -0.2) is 40.9 Å². The molecule has 0 aromatic rings. The second kappa shape index (κ2) is 5.71. The molecule has 1 fully saturated rings. The molecule has 0 spiro atoms. The van der Waals surface area contributed by atoms with Crippen LogP contribution < -0.4 is 0 Å². The Morgan fingerprint density at radius 2 is 2.18 bits per heavy atom. The largest absolute Gasteiger partial charge is 0.444 e. The van der Waals surface area contributed by atoms with Crippen LogP contribution in [0.25, 0.3) is 0 Å². The molecule has 1 N–H and O–H groups in total. The van der Waals surface area contributed by atoms with E-state index in [1.807, 2.05) is 20.8 Å². The van der Waals surface area contributed by atoms with E-state index in [4.69, 9.17) is 4.74 Å². The summed E-state index contributed by atoms with van der Waals surface area (Å²) in [5, 5.41) is 9.38. The van der Waals surface area contributed by atoms with Crippen LogP contribution >= 0.6 is 0 Å². The average Bonchev–Trinajstić information content (AvgIpc) is 2.14. The maximum absolute atomic E-state index is 11.9. The van der Waals surface area contributed by atoms with Gasteiger partial charge >= 0.3 is 6.09 Å². The van der Waals surface area contributed by atoms with Crippen molar-refractivity contribution in [2.75, 3.05) is 13.1 Å². The van der Waals surface area contributed by atoms with Crippen molar-refractivity contribution in [2.24, 2.45) is 5.92 Å². The molecule has 0 aromatic carbocycles. The third-order valence-corrected chi connectivity index (χ3v) is 2.85. The predicted molar refractivity (Wildman–Crippen MR) is 66.8 cm³/mol. The average molecular weight is 243 g/mol. The highest BCUT2D eigenvalue weighted by atomic mass is 16.6. The van der Waals surface area contributed by atoms with Crippen molar-refractivity contribution in [3.05, 3.63) is 0 Å².